The fourth-order valence-corrected chi connectivity index (χ4v) is 5.04. The second-order valence-electron chi connectivity index (χ2n) is 8.22. The molecule has 1 N–H and O–H groups in total. The van der Waals surface area contributed by atoms with Gasteiger partial charge in [0, 0.05) is 7.11 Å². The summed E-state index contributed by atoms with van der Waals surface area (Å²) in [6.45, 7) is 5.01. The van der Waals surface area contributed by atoms with E-state index in [9.17, 15) is 9.36 Å². The smallest absolute Gasteiger partial charge is 0.342 e. The van der Waals surface area contributed by atoms with E-state index in [1.807, 2.05) is 30.4 Å². The summed E-state index contributed by atoms with van der Waals surface area (Å²) in [5.41, 5.74) is 1.54. The number of benzene rings is 2. The van der Waals surface area contributed by atoms with Crippen molar-refractivity contribution in [2.45, 2.75) is 32.9 Å². The van der Waals surface area contributed by atoms with E-state index in [-0.39, 0.29) is 18.2 Å². The summed E-state index contributed by atoms with van der Waals surface area (Å²) in [6, 6.07) is 7.92. The zero-order valence-corrected chi connectivity index (χ0v) is 23.4. The molecule has 0 amide bonds. The Morgan fingerprint density at radius 2 is 1.41 bits per heavy atom. The van der Waals surface area contributed by atoms with Crippen LogP contribution in [0.2, 0.25) is 0 Å². The second-order valence-corrected chi connectivity index (χ2v) is 10.3. The van der Waals surface area contributed by atoms with Crippen molar-refractivity contribution < 1.29 is 42.3 Å². The topological polar surface area (TPSA) is 111 Å². The number of carbonyl (C=O) groups excluding carboxylic acids is 1. The van der Waals surface area contributed by atoms with E-state index in [0.29, 0.717) is 23.0 Å². The van der Waals surface area contributed by atoms with Gasteiger partial charge in [0.1, 0.15) is 12.4 Å². The van der Waals surface area contributed by atoms with E-state index in [2.05, 4.69) is 5.09 Å². The number of hydrogen-bond donors (Lipinski definition) is 1. The molecule has 11 heteroatoms. The molecule has 2 atom stereocenters. The highest BCUT2D eigenvalue weighted by molar-refractivity contribution is 7.57. The van der Waals surface area contributed by atoms with E-state index in [1.54, 1.807) is 54.2 Å². The molecule has 2 aromatic carbocycles. The van der Waals surface area contributed by atoms with Gasteiger partial charge in [-0.1, -0.05) is 18.2 Å². The lowest BCUT2D eigenvalue weighted by Crippen LogP contribution is -2.36. The molecule has 0 spiro atoms. The maximum atomic E-state index is 13.6. The fourth-order valence-electron chi connectivity index (χ4n) is 3.36. The predicted octanol–water partition coefficient (Wildman–Crippen LogP) is 5.00. The molecule has 0 radical (unpaired) electrons. The molecule has 0 heterocycles. The summed E-state index contributed by atoms with van der Waals surface area (Å²) < 4.78 is 51.4. The Morgan fingerprint density at radius 1 is 0.838 bits per heavy atom. The molecule has 37 heavy (non-hydrogen) atoms. The maximum Gasteiger partial charge on any atom is 0.342 e. The Hall–Kier alpha value is -3.20. The normalized spacial score (nSPS) is 13.6. The number of rotatable bonds is 14. The highest BCUT2D eigenvalue weighted by atomic mass is 31.2. The summed E-state index contributed by atoms with van der Waals surface area (Å²) in [5.74, 6) is 1.57. The van der Waals surface area contributed by atoms with Crippen LogP contribution in [0.3, 0.4) is 0 Å². The molecule has 2 aromatic rings. The minimum Gasteiger partial charge on any atom is -0.493 e. The van der Waals surface area contributed by atoms with Crippen LogP contribution >= 0.6 is 7.52 Å². The average molecular weight is 538 g/mol. The first kappa shape index (κ1) is 30.0. The van der Waals surface area contributed by atoms with Crippen LogP contribution in [-0.4, -0.2) is 60.0 Å². The Morgan fingerprint density at radius 3 is 1.92 bits per heavy atom. The van der Waals surface area contributed by atoms with Crippen LogP contribution in [-0.2, 0) is 18.8 Å². The van der Waals surface area contributed by atoms with Crippen LogP contribution in [0.15, 0.2) is 30.3 Å². The van der Waals surface area contributed by atoms with Gasteiger partial charge in [0.25, 0.3) is 0 Å². The summed E-state index contributed by atoms with van der Waals surface area (Å²) >= 11 is 0. The summed E-state index contributed by atoms with van der Waals surface area (Å²) in [6.07, 6.45) is 3.10. The third-order valence-electron chi connectivity index (χ3n) is 4.98. The molecule has 0 bridgehead atoms. The first-order valence-corrected chi connectivity index (χ1v) is 13.3. The lowest BCUT2D eigenvalue weighted by Gasteiger charge is -2.24. The van der Waals surface area contributed by atoms with E-state index in [4.69, 9.17) is 32.9 Å². The molecule has 204 valence electrons. The Kier molecular flexibility index (Phi) is 11.3. The van der Waals surface area contributed by atoms with E-state index in [0.717, 1.165) is 11.1 Å². The Bertz CT molecular complexity index is 1110. The third-order valence-corrected chi connectivity index (χ3v) is 6.85. The predicted molar refractivity (Wildman–Crippen MR) is 142 cm³/mol. The fraction of sp³-hybridized carbons (Fsp3) is 0.423. The van der Waals surface area contributed by atoms with Crippen molar-refractivity contribution in [2.75, 3.05) is 41.9 Å². The SMILES string of the molecule is COCP(=O)(NC(C)C(=O)OC(C)C)Oc1cc(/C=C\c2cc(OC)c(OC)c(OC)c2)ccc1OC. The number of esters is 1. The Balaban J connectivity index is 2.35. The van der Waals surface area contributed by atoms with Crippen LogP contribution in [0, 0.1) is 0 Å². The number of methoxy groups -OCH3 is 5. The van der Waals surface area contributed by atoms with E-state index < -0.39 is 19.5 Å². The van der Waals surface area contributed by atoms with Crippen molar-refractivity contribution in [1.82, 2.24) is 5.09 Å². The number of carbonyl (C=O) groups is 1. The van der Waals surface area contributed by atoms with Gasteiger partial charge < -0.3 is 32.9 Å². The van der Waals surface area contributed by atoms with Crippen LogP contribution in [0.1, 0.15) is 31.9 Å². The first-order chi connectivity index (χ1) is 17.6. The van der Waals surface area contributed by atoms with Crippen molar-refractivity contribution >= 4 is 25.6 Å². The van der Waals surface area contributed by atoms with Crippen molar-refractivity contribution in [3.8, 4) is 28.7 Å². The molecule has 0 fully saturated rings. The van der Waals surface area contributed by atoms with Crippen molar-refractivity contribution in [3.05, 3.63) is 41.5 Å². The van der Waals surface area contributed by atoms with Gasteiger partial charge in [-0.2, -0.15) is 0 Å². The number of ether oxygens (including phenoxy) is 6. The maximum absolute atomic E-state index is 13.6. The molecule has 2 unspecified atom stereocenters. The molecule has 0 aliphatic rings. The standard InChI is InChI=1S/C26H36NO9P/c1-17(2)35-26(28)18(3)27-37(29,16-30-4)36-22-13-19(11-12-21(22)31-5)9-10-20-14-23(32-6)25(34-8)24(15-20)33-7/h9-15,17-18H,16H2,1-8H3,(H,27,29)/b10-9-. The van der Waals surface area contributed by atoms with Gasteiger partial charge in [0.15, 0.2) is 23.0 Å². The van der Waals surface area contributed by atoms with Crippen LogP contribution in [0.25, 0.3) is 12.2 Å². The van der Waals surface area contributed by atoms with Gasteiger partial charge >= 0.3 is 13.5 Å². The van der Waals surface area contributed by atoms with Crippen LogP contribution < -0.4 is 28.6 Å². The summed E-state index contributed by atoms with van der Waals surface area (Å²) in [5, 5.41) is 2.73. The second kappa shape index (κ2) is 13.9. The average Bonchev–Trinajstić information content (AvgIpc) is 2.86. The Labute approximate surface area is 218 Å². The van der Waals surface area contributed by atoms with E-state index >= 15 is 0 Å². The molecular formula is C26H36NO9P. The van der Waals surface area contributed by atoms with Gasteiger partial charge in [0.05, 0.1) is 34.5 Å². The van der Waals surface area contributed by atoms with Crippen molar-refractivity contribution in [1.29, 1.82) is 0 Å². The largest absolute Gasteiger partial charge is 0.493 e. The molecule has 0 saturated carbocycles. The summed E-state index contributed by atoms with van der Waals surface area (Å²) in [4.78, 5) is 12.3. The van der Waals surface area contributed by atoms with Gasteiger partial charge in [-0.15, -0.1) is 0 Å². The van der Waals surface area contributed by atoms with Crippen LogP contribution in [0.4, 0.5) is 0 Å². The lowest BCUT2D eigenvalue weighted by molar-refractivity contribution is -0.149. The van der Waals surface area contributed by atoms with Crippen LogP contribution in [0.5, 0.6) is 28.7 Å². The first-order valence-electron chi connectivity index (χ1n) is 11.5. The molecular weight excluding hydrogens is 501 g/mol. The third kappa shape index (κ3) is 8.42. The molecule has 2 rings (SSSR count). The molecule has 10 nitrogen and oxygen atoms in total. The van der Waals surface area contributed by atoms with E-state index in [1.165, 1.54) is 14.2 Å². The summed E-state index contributed by atoms with van der Waals surface area (Å²) in [7, 11) is 3.82. The van der Waals surface area contributed by atoms with Gasteiger partial charge in [-0.05, 0) is 56.2 Å². The monoisotopic (exact) mass is 537 g/mol. The van der Waals surface area contributed by atoms with Gasteiger partial charge in [-0.25, -0.2) is 5.09 Å². The molecule has 0 aliphatic heterocycles. The highest BCUT2D eigenvalue weighted by Crippen LogP contribution is 2.47. The molecule has 0 aliphatic carbocycles. The number of nitrogens with one attached hydrogen (secondary N) is 1. The zero-order valence-electron chi connectivity index (χ0n) is 22.5. The highest BCUT2D eigenvalue weighted by Gasteiger charge is 2.31. The minimum absolute atomic E-state index is 0.215. The van der Waals surface area contributed by atoms with Crippen molar-refractivity contribution in [2.24, 2.45) is 0 Å². The minimum atomic E-state index is -3.69. The lowest BCUT2D eigenvalue weighted by atomic mass is 10.1. The van der Waals surface area contributed by atoms with Gasteiger partial charge in [-0.3, -0.25) is 9.36 Å². The quantitative estimate of drug-likeness (QED) is 0.201. The van der Waals surface area contributed by atoms with Gasteiger partial charge in [0.2, 0.25) is 5.75 Å². The molecule has 0 aromatic heterocycles. The van der Waals surface area contributed by atoms with Crippen molar-refractivity contribution in [3.63, 3.8) is 0 Å². The molecule has 0 saturated heterocycles. The number of hydrogen-bond acceptors (Lipinski definition) is 9. The zero-order chi connectivity index (χ0) is 27.6.